The number of hydrogen-bond donors (Lipinski definition) is 0. The highest BCUT2D eigenvalue weighted by Gasteiger charge is 2.19. The minimum Gasteiger partial charge on any atom is -0.491 e. The molecule has 2 aromatic heterocycles. The molecular weight excluding hydrogens is 386 g/mol. The SMILES string of the molecule is CCCCCCOc1cc(C)cc2c1ncc1c2n(-c2ccccc2)c(=O)n1CCC. The van der Waals surface area contributed by atoms with Crippen molar-refractivity contribution in [2.24, 2.45) is 0 Å². The predicted octanol–water partition coefficient (Wildman–Crippen LogP) is 6.02. The van der Waals surface area contributed by atoms with E-state index in [0.717, 1.165) is 51.8 Å². The second-order valence-electron chi connectivity index (χ2n) is 8.17. The summed E-state index contributed by atoms with van der Waals surface area (Å²) in [6, 6.07) is 14.0. The third kappa shape index (κ3) is 4.09. The van der Waals surface area contributed by atoms with Gasteiger partial charge in [0, 0.05) is 11.9 Å². The van der Waals surface area contributed by atoms with E-state index in [1.807, 2.05) is 45.7 Å². The lowest BCUT2D eigenvalue weighted by molar-refractivity contribution is 0.308. The van der Waals surface area contributed by atoms with Crippen LogP contribution in [0.1, 0.15) is 51.5 Å². The van der Waals surface area contributed by atoms with E-state index in [1.54, 1.807) is 0 Å². The van der Waals surface area contributed by atoms with Gasteiger partial charge in [0.25, 0.3) is 0 Å². The Morgan fingerprint density at radius 3 is 2.55 bits per heavy atom. The number of ether oxygens (including phenoxy) is 1. The fourth-order valence-electron chi connectivity index (χ4n) is 4.21. The van der Waals surface area contributed by atoms with Crippen LogP contribution in [-0.2, 0) is 6.54 Å². The van der Waals surface area contributed by atoms with E-state index >= 15 is 0 Å². The molecule has 5 heteroatoms. The van der Waals surface area contributed by atoms with Crippen LogP contribution in [0, 0.1) is 6.92 Å². The molecule has 0 saturated heterocycles. The van der Waals surface area contributed by atoms with Crippen LogP contribution in [0.2, 0.25) is 0 Å². The molecule has 0 aliphatic rings. The first-order valence-electron chi connectivity index (χ1n) is 11.4. The van der Waals surface area contributed by atoms with E-state index in [2.05, 4.69) is 32.9 Å². The molecule has 0 spiro atoms. The van der Waals surface area contributed by atoms with Gasteiger partial charge in [-0.15, -0.1) is 0 Å². The molecule has 31 heavy (non-hydrogen) atoms. The third-order valence-corrected chi connectivity index (χ3v) is 5.69. The summed E-state index contributed by atoms with van der Waals surface area (Å²) < 4.78 is 9.82. The molecule has 0 unspecified atom stereocenters. The molecule has 162 valence electrons. The van der Waals surface area contributed by atoms with Crippen LogP contribution < -0.4 is 10.4 Å². The molecule has 4 rings (SSSR count). The second kappa shape index (κ2) is 9.38. The summed E-state index contributed by atoms with van der Waals surface area (Å²) in [5.74, 6) is 0.795. The average Bonchev–Trinajstić information content (AvgIpc) is 3.06. The van der Waals surface area contributed by atoms with Gasteiger partial charge in [-0.1, -0.05) is 51.3 Å². The van der Waals surface area contributed by atoms with Crippen molar-refractivity contribution in [3.05, 3.63) is 64.7 Å². The molecule has 0 aliphatic heterocycles. The molecule has 0 radical (unpaired) electrons. The highest BCUT2D eigenvalue weighted by atomic mass is 16.5. The zero-order valence-electron chi connectivity index (χ0n) is 18.7. The van der Waals surface area contributed by atoms with Gasteiger partial charge in [-0.2, -0.15) is 0 Å². The van der Waals surface area contributed by atoms with Gasteiger partial charge in [-0.25, -0.2) is 9.78 Å². The van der Waals surface area contributed by atoms with Crippen LogP contribution in [0.15, 0.2) is 53.5 Å². The maximum atomic E-state index is 13.4. The van der Waals surface area contributed by atoms with Crippen molar-refractivity contribution >= 4 is 21.9 Å². The van der Waals surface area contributed by atoms with E-state index in [0.29, 0.717) is 13.2 Å². The summed E-state index contributed by atoms with van der Waals surface area (Å²) in [5.41, 5.74) is 4.51. The standard InChI is InChI=1S/C26H31N3O2/c1-4-6-7-11-15-31-23-17-19(3)16-21-24(23)27-18-22-25(21)29(20-12-9-8-10-13-20)26(30)28(22)14-5-2/h8-10,12-13,16-18H,4-7,11,14-15H2,1-3H3. The summed E-state index contributed by atoms with van der Waals surface area (Å²) in [6.45, 7) is 7.70. The molecule has 0 N–H and O–H groups in total. The van der Waals surface area contributed by atoms with Crippen LogP contribution in [0.25, 0.3) is 27.6 Å². The van der Waals surface area contributed by atoms with Gasteiger partial charge < -0.3 is 4.74 Å². The average molecular weight is 418 g/mol. The minimum absolute atomic E-state index is 0.0270. The van der Waals surface area contributed by atoms with Crippen molar-refractivity contribution in [3.8, 4) is 11.4 Å². The monoisotopic (exact) mass is 417 g/mol. The normalized spacial score (nSPS) is 11.5. The highest BCUT2D eigenvalue weighted by molar-refractivity contribution is 6.05. The molecule has 0 saturated carbocycles. The molecule has 2 aromatic carbocycles. The first-order chi connectivity index (χ1) is 15.2. The van der Waals surface area contributed by atoms with E-state index in [1.165, 1.54) is 19.3 Å². The fraction of sp³-hybridized carbons (Fsp3) is 0.385. The summed E-state index contributed by atoms with van der Waals surface area (Å²) >= 11 is 0. The quantitative estimate of drug-likeness (QED) is 0.313. The smallest absolute Gasteiger partial charge is 0.333 e. The number of nitrogens with zero attached hydrogens (tertiary/aromatic N) is 3. The van der Waals surface area contributed by atoms with Crippen molar-refractivity contribution in [3.63, 3.8) is 0 Å². The second-order valence-corrected chi connectivity index (χ2v) is 8.17. The third-order valence-electron chi connectivity index (χ3n) is 5.69. The van der Waals surface area contributed by atoms with Gasteiger partial charge in [0.15, 0.2) is 0 Å². The predicted molar refractivity (Wildman–Crippen MR) is 128 cm³/mol. The van der Waals surface area contributed by atoms with Crippen LogP contribution >= 0.6 is 0 Å². The Labute approximate surface area is 183 Å². The van der Waals surface area contributed by atoms with E-state index in [4.69, 9.17) is 9.72 Å². The number of para-hydroxylation sites is 1. The van der Waals surface area contributed by atoms with Crippen molar-refractivity contribution in [2.45, 2.75) is 59.4 Å². The summed E-state index contributed by atoms with van der Waals surface area (Å²) in [6.07, 6.45) is 7.35. The van der Waals surface area contributed by atoms with Crippen LogP contribution in [0.5, 0.6) is 5.75 Å². The number of benzene rings is 2. The van der Waals surface area contributed by atoms with Gasteiger partial charge in [-0.05, 0) is 49.6 Å². The lowest BCUT2D eigenvalue weighted by Crippen LogP contribution is -2.23. The minimum atomic E-state index is -0.0270. The molecular formula is C26H31N3O2. The van der Waals surface area contributed by atoms with Crippen LogP contribution in [0.4, 0.5) is 0 Å². The van der Waals surface area contributed by atoms with Gasteiger partial charge >= 0.3 is 5.69 Å². The van der Waals surface area contributed by atoms with Crippen LogP contribution in [-0.4, -0.2) is 20.7 Å². The molecule has 0 bridgehead atoms. The number of unbranched alkanes of at least 4 members (excludes halogenated alkanes) is 3. The number of fused-ring (bicyclic) bond motifs is 3. The molecule has 5 nitrogen and oxygen atoms in total. The molecule has 0 atom stereocenters. The maximum absolute atomic E-state index is 13.4. The molecule has 2 heterocycles. The largest absolute Gasteiger partial charge is 0.491 e. The summed E-state index contributed by atoms with van der Waals surface area (Å²) in [4.78, 5) is 18.2. The Morgan fingerprint density at radius 2 is 1.81 bits per heavy atom. The Kier molecular flexibility index (Phi) is 6.40. The van der Waals surface area contributed by atoms with E-state index in [-0.39, 0.29) is 5.69 Å². The van der Waals surface area contributed by atoms with Crippen molar-refractivity contribution in [1.29, 1.82) is 0 Å². The topological polar surface area (TPSA) is 49.1 Å². The van der Waals surface area contributed by atoms with Crippen molar-refractivity contribution in [1.82, 2.24) is 14.1 Å². The first-order valence-corrected chi connectivity index (χ1v) is 11.4. The van der Waals surface area contributed by atoms with Gasteiger partial charge in [0.1, 0.15) is 11.3 Å². The van der Waals surface area contributed by atoms with Gasteiger partial charge in [-0.3, -0.25) is 9.13 Å². The summed E-state index contributed by atoms with van der Waals surface area (Å²) in [5, 5.41) is 0.955. The Morgan fingerprint density at radius 1 is 1.00 bits per heavy atom. The Balaban J connectivity index is 1.92. The number of aromatic nitrogens is 3. The molecule has 0 fully saturated rings. The van der Waals surface area contributed by atoms with E-state index < -0.39 is 0 Å². The zero-order chi connectivity index (χ0) is 21.8. The number of rotatable bonds is 9. The summed E-state index contributed by atoms with van der Waals surface area (Å²) in [7, 11) is 0. The number of aryl methyl sites for hydroxylation is 2. The van der Waals surface area contributed by atoms with Crippen molar-refractivity contribution in [2.75, 3.05) is 6.61 Å². The van der Waals surface area contributed by atoms with Gasteiger partial charge in [0.05, 0.1) is 29.5 Å². The Hall–Kier alpha value is -3.08. The highest BCUT2D eigenvalue weighted by Crippen LogP contribution is 2.32. The van der Waals surface area contributed by atoms with E-state index in [9.17, 15) is 4.79 Å². The maximum Gasteiger partial charge on any atom is 0.333 e. The van der Waals surface area contributed by atoms with Crippen molar-refractivity contribution < 1.29 is 4.74 Å². The van der Waals surface area contributed by atoms with Crippen LogP contribution in [0.3, 0.4) is 0 Å². The number of pyridine rings is 1. The van der Waals surface area contributed by atoms with Gasteiger partial charge in [0.2, 0.25) is 0 Å². The molecule has 0 amide bonds. The number of imidazole rings is 1. The zero-order valence-corrected chi connectivity index (χ0v) is 18.7. The lowest BCUT2D eigenvalue weighted by Gasteiger charge is -2.12. The number of hydrogen-bond acceptors (Lipinski definition) is 3. The first kappa shape index (κ1) is 21.2. The lowest BCUT2D eigenvalue weighted by atomic mass is 10.1. The molecule has 0 aliphatic carbocycles. The fourth-order valence-corrected chi connectivity index (χ4v) is 4.21. The Bertz CT molecular complexity index is 1240. The molecule has 4 aromatic rings.